The summed E-state index contributed by atoms with van der Waals surface area (Å²) >= 11 is 0. The summed E-state index contributed by atoms with van der Waals surface area (Å²) in [5, 5.41) is 7.48. The van der Waals surface area contributed by atoms with Gasteiger partial charge in [-0.1, -0.05) is 20.8 Å². The molecule has 0 aromatic carbocycles. The monoisotopic (exact) mass is 168 g/mol. The van der Waals surface area contributed by atoms with Crippen LogP contribution in [0.3, 0.4) is 0 Å². The summed E-state index contributed by atoms with van der Waals surface area (Å²) in [5.74, 6) is 0.583. The van der Waals surface area contributed by atoms with E-state index in [9.17, 15) is 0 Å². The maximum atomic E-state index is 4.88. The van der Waals surface area contributed by atoms with E-state index in [0.29, 0.717) is 5.88 Å². The van der Waals surface area contributed by atoms with E-state index in [4.69, 9.17) is 4.74 Å². The molecule has 68 valence electrons. The van der Waals surface area contributed by atoms with Crippen molar-refractivity contribution < 1.29 is 4.74 Å². The Morgan fingerprint density at radius 3 is 2.58 bits per heavy atom. The zero-order chi connectivity index (χ0) is 9.40. The number of rotatable bonds is 2. The van der Waals surface area contributed by atoms with Gasteiger partial charge in [0.05, 0.1) is 13.3 Å². The highest BCUT2D eigenvalue weighted by atomic mass is 16.5. The Balaban J connectivity index is 0.000000561. The van der Waals surface area contributed by atoms with Crippen LogP contribution in [0.5, 0.6) is 5.88 Å². The molecule has 0 aliphatic carbocycles. The summed E-state index contributed by atoms with van der Waals surface area (Å²) in [6, 6.07) is 1.88. The van der Waals surface area contributed by atoms with E-state index in [1.807, 2.05) is 19.9 Å². The molecule has 12 heavy (non-hydrogen) atoms. The highest BCUT2D eigenvalue weighted by Crippen LogP contribution is 2.05. The molecule has 0 saturated heterocycles. The number of ether oxygens (including phenoxy) is 1. The van der Waals surface area contributed by atoms with Crippen LogP contribution in [0.1, 0.15) is 26.3 Å². The molecule has 0 fully saturated rings. The van der Waals surface area contributed by atoms with Crippen LogP contribution >= 0.6 is 0 Å². The molecule has 0 atom stereocenters. The molecular formula is C9H16N2O. The zero-order valence-corrected chi connectivity index (χ0v) is 8.16. The first-order valence-electron chi connectivity index (χ1n) is 4.22. The molecule has 1 heterocycles. The van der Waals surface area contributed by atoms with Crippen LogP contribution in [0, 0.1) is 0 Å². The molecule has 0 amide bonds. The van der Waals surface area contributed by atoms with Gasteiger partial charge in [0.2, 0.25) is 5.88 Å². The molecule has 0 aliphatic rings. The van der Waals surface area contributed by atoms with Crippen LogP contribution in [0.25, 0.3) is 0 Å². The van der Waals surface area contributed by atoms with Gasteiger partial charge in [0.1, 0.15) is 0 Å². The minimum absolute atomic E-state index is 0.583. The summed E-state index contributed by atoms with van der Waals surface area (Å²) in [5.41, 5.74) is 1.15. The molecule has 1 aromatic heterocycles. The number of aromatic nitrogens is 2. The average Bonchev–Trinajstić information content (AvgIpc) is 2.21. The lowest BCUT2D eigenvalue weighted by Crippen LogP contribution is -1.91. The van der Waals surface area contributed by atoms with E-state index in [-0.39, 0.29) is 0 Å². The van der Waals surface area contributed by atoms with Gasteiger partial charge < -0.3 is 4.74 Å². The molecule has 0 radical (unpaired) electrons. The fourth-order valence-electron chi connectivity index (χ4n) is 0.678. The Kier molecular flexibility index (Phi) is 5.97. The first-order valence-corrected chi connectivity index (χ1v) is 4.22. The summed E-state index contributed by atoms with van der Waals surface area (Å²) in [7, 11) is 1.59. The third kappa shape index (κ3) is 3.32. The summed E-state index contributed by atoms with van der Waals surface area (Å²) in [4.78, 5) is 0. The molecule has 0 unspecified atom stereocenters. The minimum atomic E-state index is 0.583. The Hall–Kier alpha value is -1.12. The van der Waals surface area contributed by atoms with Crippen molar-refractivity contribution in [2.45, 2.75) is 27.2 Å². The Morgan fingerprint density at radius 1 is 1.42 bits per heavy atom. The van der Waals surface area contributed by atoms with Gasteiger partial charge in [-0.2, -0.15) is 5.10 Å². The number of hydrogen-bond acceptors (Lipinski definition) is 3. The lowest BCUT2D eigenvalue weighted by molar-refractivity contribution is 0.391. The summed E-state index contributed by atoms with van der Waals surface area (Å²) in [6.45, 7) is 6.07. The molecule has 0 saturated carbocycles. The minimum Gasteiger partial charge on any atom is -0.480 e. The Bertz CT molecular complexity index is 194. The third-order valence-corrected chi connectivity index (χ3v) is 1.31. The number of hydrogen-bond donors (Lipinski definition) is 0. The highest BCUT2D eigenvalue weighted by Gasteiger charge is 1.93. The summed E-state index contributed by atoms with van der Waals surface area (Å²) < 4.78 is 4.88. The van der Waals surface area contributed by atoms with Gasteiger partial charge in [-0.25, -0.2) is 0 Å². The van der Waals surface area contributed by atoms with Crippen LogP contribution in [-0.4, -0.2) is 17.3 Å². The van der Waals surface area contributed by atoms with E-state index in [1.54, 1.807) is 13.3 Å². The van der Waals surface area contributed by atoms with Crippen LogP contribution < -0.4 is 4.74 Å². The highest BCUT2D eigenvalue weighted by molar-refractivity contribution is 5.16. The van der Waals surface area contributed by atoms with Crippen molar-refractivity contribution in [2.24, 2.45) is 0 Å². The van der Waals surface area contributed by atoms with Gasteiger partial charge in [-0.05, 0) is 12.0 Å². The zero-order valence-electron chi connectivity index (χ0n) is 8.16. The van der Waals surface area contributed by atoms with E-state index in [2.05, 4.69) is 17.1 Å². The molecule has 0 aliphatic heterocycles. The van der Waals surface area contributed by atoms with Gasteiger partial charge >= 0.3 is 0 Å². The molecule has 3 heteroatoms. The molecular weight excluding hydrogens is 152 g/mol. The fourth-order valence-corrected chi connectivity index (χ4v) is 0.678. The second kappa shape index (κ2) is 6.58. The maximum Gasteiger partial charge on any atom is 0.233 e. The second-order valence-electron chi connectivity index (χ2n) is 1.96. The van der Waals surface area contributed by atoms with E-state index in [1.165, 1.54) is 0 Å². The smallest absolute Gasteiger partial charge is 0.233 e. The van der Waals surface area contributed by atoms with Gasteiger partial charge in [0.25, 0.3) is 0 Å². The van der Waals surface area contributed by atoms with Crippen molar-refractivity contribution >= 4 is 0 Å². The van der Waals surface area contributed by atoms with Gasteiger partial charge in [0.15, 0.2) is 0 Å². The van der Waals surface area contributed by atoms with Crippen LogP contribution in [0.15, 0.2) is 12.3 Å². The standard InChI is InChI=1S/C7H10N2O.C2H6/c1-3-6-4-7(10-2)9-8-5-6;1-2/h4-5H,3H2,1-2H3;1-2H3. The maximum absolute atomic E-state index is 4.88. The predicted molar refractivity (Wildman–Crippen MR) is 49.3 cm³/mol. The lowest BCUT2D eigenvalue weighted by atomic mass is 10.2. The molecule has 0 N–H and O–H groups in total. The number of nitrogens with zero attached hydrogens (tertiary/aromatic N) is 2. The van der Waals surface area contributed by atoms with Crippen molar-refractivity contribution in [3.63, 3.8) is 0 Å². The third-order valence-electron chi connectivity index (χ3n) is 1.31. The summed E-state index contributed by atoms with van der Waals surface area (Å²) in [6.07, 6.45) is 2.70. The van der Waals surface area contributed by atoms with E-state index >= 15 is 0 Å². The average molecular weight is 168 g/mol. The van der Waals surface area contributed by atoms with Gasteiger partial charge in [-0.15, -0.1) is 5.10 Å². The molecule has 3 nitrogen and oxygen atoms in total. The predicted octanol–water partition coefficient (Wildman–Crippen LogP) is 2.07. The first kappa shape index (κ1) is 10.9. The quantitative estimate of drug-likeness (QED) is 0.678. The van der Waals surface area contributed by atoms with Crippen LogP contribution in [-0.2, 0) is 6.42 Å². The van der Waals surface area contributed by atoms with Crippen LogP contribution in [0.4, 0.5) is 0 Å². The van der Waals surface area contributed by atoms with E-state index in [0.717, 1.165) is 12.0 Å². The lowest BCUT2D eigenvalue weighted by Gasteiger charge is -1.97. The number of methoxy groups -OCH3 is 1. The van der Waals surface area contributed by atoms with Crippen molar-refractivity contribution in [1.82, 2.24) is 10.2 Å². The first-order chi connectivity index (χ1) is 5.86. The largest absolute Gasteiger partial charge is 0.480 e. The Labute approximate surface area is 73.8 Å². The number of aryl methyl sites for hydroxylation is 1. The Morgan fingerprint density at radius 2 is 2.08 bits per heavy atom. The molecule has 1 aromatic rings. The fraction of sp³-hybridized carbons (Fsp3) is 0.556. The van der Waals surface area contributed by atoms with E-state index < -0.39 is 0 Å². The second-order valence-corrected chi connectivity index (χ2v) is 1.96. The SMILES string of the molecule is CC.CCc1cnnc(OC)c1. The van der Waals surface area contributed by atoms with Gasteiger partial charge in [-0.3, -0.25) is 0 Å². The van der Waals surface area contributed by atoms with Gasteiger partial charge in [0, 0.05) is 6.07 Å². The molecule has 1 rings (SSSR count). The normalized spacial score (nSPS) is 8.33. The van der Waals surface area contributed by atoms with Crippen molar-refractivity contribution in [2.75, 3.05) is 7.11 Å². The van der Waals surface area contributed by atoms with Crippen molar-refractivity contribution in [1.29, 1.82) is 0 Å². The van der Waals surface area contributed by atoms with Crippen molar-refractivity contribution in [3.8, 4) is 5.88 Å². The van der Waals surface area contributed by atoms with Crippen molar-refractivity contribution in [3.05, 3.63) is 17.8 Å². The molecule has 0 bridgehead atoms. The van der Waals surface area contributed by atoms with Crippen LogP contribution in [0.2, 0.25) is 0 Å². The molecule has 0 spiro atoms. The topological polar surface area (TPSA) is 35.0 Å².